The molecule has 0 aliphatic heterocycles. The highest BCUT2D eigenvalue weighted by Gasteiger charge is 2.27. The van der Waals surface area contributed by atoms with Crippen LogP contribution in [0.2, 0.25) is 0 Å². The molecule has 0 spiro atoms. The minimum atomic E-state index is -1.03. The fourth-order valence-corrected chi connectivity index (χ4v) is 2.68. The predicted molar refractivity (Wildman–Crippen MR) is 80.6 cm³/mol. The van der Waals surface area contributed by atoms with Crippen molar-refractivity contribution in [3.8, 4) is 11.1 Å². The molecule has 108 valence electrons. The largest absolute Gasteiger partial charge is 0.394 e. The summed E-state index contributed by atoms with van der Waals surface area (Å²) < 4.78 is 0. The van der Waals surface area contributed by atoms with Crippen LogP contribution in [0.15, 0.2) is 41.8 Å². The summed E-state index contributed by atoms with van der Waals surface area (Å²) in [7, 11) is 0. The fraction of sp³-hybridized carbons (Fsp3) is 0.333. The van der Waals surface area contributed by atoms with Crippen molar-refractivity contribution in [2.45, 2.75) is 12.1 Å². The molecule has 0 amide bonds. The minimum Gasteiger partial charge on any atom is -0.394 e. The first-order chi connectivity index (χ1) is 9.73. The van der Waals surface area contributed by atoms with Crippen molar-refractivity contribution >= 4 is 11.3 Å². The van der Waals surface area contributed by atoms with E-state index in [1.54, 1.807) is 11.3 Å². The van der Waals surface area contributed by atoms with Crippen molar-refractivity contribution in [1.29, 1.82) is 0 Å². The number of hydrogen-bond acceptors (Lipinski definition) is 5. The molecule has 2 rings (SSSR count). The summed E-state index contributed by atoms with van der Waals surface area (Å²) in [6.07, 6.45) is 0. The van der Waals surface area contributed by atoms with Crippen molar-refractivity contribution in [1.82, 2.24) is 5.32 Å². The highest BCUT2D eigenvalue weighted by atomic mass is 32.1. The van der Waals surface area contributed by atoms with Gasteiger partial charge in [-0.2, -0.15) is 0 Å². The third-order valence-electron chi connectivity index (χ3n) is 3.31. The van der Waals surface area contributed by atoms with Crippen molar-refractivity contribution in [2.24, 2.45) is 0 Å². The van der Waals surface area contributed by atoms with Crippen LogP contribution in [0.4, 0.5) is 0 Å². The Morgan fingerprint density at radius 1 is 0.950 bits per heavy atom. The molecule has 0 aliphatic rings. The van der Waals surface area contributed by atoms with Gasteiger partial charge in [-0.1, -0.05) is 30.3 Å². The first-order valence-corrected chi connectivity index (χ1v) is 7.31. The molecule has 4 nitrogen and oxygen atoms in total. The second-order valence-electron chi connectivity index (χ2n) is 4.78. The van der Waals surface area contributed by atoms with Crippen LogP contribution in [0.5, 0.6) is 0 Å². The van der Waals surface area contributed by atoms with Gasteiger partial charge in [0.05, 0.1) is 25.4 Å². The van der Waals surface area contributed by atoms with Crippen LogP contribution >= 0.6 is 11.3 Å². The number of thiophene rings is 1. The molecule has 4 N–H and O–H groups in total. The number of nitrogens with one attached hydrogen (secondary N) is 1. The van der Waals surface area contributed by atoms with E-state index in [2.05, 4.69) is 28.9 Å². The maximum absolute atomic E-state index is 9.26. The van der Waals surface area contributed by atoms with E-state index < -0.39 is 5.54 Å². The van der Waals surface area contributed by atoms with Gasteiger partial charge in [0, 0.05) is 11.4 Å². The zero-order valence-electron chi connectivity index (χ0n) is 11.1. The highest BCUT2D eigenvalue weighted by Crippen LogP contribution is 2.25. The molecule has 0 aliphatic carbocycles. The molecule has 1 aromatic carbocycles. The highest BCUT2D eigenvalue weighted by molar-refractivity contribution is 7.10. The summed E-state index contributed by atoms with van der Waals surface area (Å²) >= 11 is 1.61. The number of rotatable bonds is 7. The number of hydrogen-bond donors (Lipinski definition) is 4. The van der Waals surface area contributed by atoms with Crippen LogP contribution in [0.3, 0.4) is 0 Å². The predicted octanol–water partition coefficient (Wildman–Crippen LogP) is 1.22. The van der Waals surface area contributed by atoms with E-state index >= 15 is 0 Å². The lowest BCUT2D eigenvalue weighted by Crippen LogP contribution is -2.54. The first kappa shape index (κ1) is 15.2. The number of benzene rings is 1. The lowest BCUT2D eigenvalue weighted by atomic mass is 10.0. The van der Waals surface area contributed by atoms with Gasteiger partial charge in [0.25, 0.3) is 0 Å². The monoisotopic (exact) mass is 293 g/mol. The van der Waals surface area contributed by atoms with E-state index in [1.165, 1.54) is 0 Å². The Kier molecular flexibility index (Phi) is 5.28. The van der Waals surface area contributed by atoms with Crippen molar-refractivity contribution in [2.75, 3.05) is 19.8 Å². The minimum absolute atomic E-state index is 0.309. The van der Waals surface area contributed by atoms with Crippen LogP contribution in [-0.2, 0) is 6.54 Å². The van der Waals surface area contributed by atoms with Gasteiger partial charge in [-0.15, -0.1) is 11.3 Å². The lowest BCUT2D eigenvalue weighted by molar-refractivity contribution is 0.0415. The van der Waals surface area contributed by atoms with Crippen molar-refractivity contribution in [3.63, 3.8) is 0 Å². The standard InChI is InChI=1S/C15H19NO3S/c17-9-15(10-18,11-19)16-7-14-6-13(8-20-14)12-4-2-1-3-5-12/h1-6,8,16-19H,7,9-11H2. The van der Waals surface area contributed by atoms with Crippen molar-refractivity contribution < 1.29 is 15.3 Å². The molecule has 0 radical (unpaired) electrons. The van der Waals surface area contributed by atoms with Crippen LogP contribution in [0, 0.1) is 0 Å². The van der Waals surface area contributed by atoms with E-state index in [4.69, 9.17) is 0 Å². The van der Waals surface area contributed by atoms with Gasteiger partial charge in [0.1, 0.15) is 0 Å². The second-order valence-corrected chi connectivity index (χ2v) is 5.77. The smallest absolute Gasteiger partial charge is 0.0884 e. The Morgan fingerprint density at radius 3 is 2.20 bits per heavy atom. The summed E-state index contributed by atoms with van der Waals surface area (Å²) in [5.41, 5.74) is 1.28. The SMILES string of the molecule is OCC(CO)(CO)NCc1cc(-c2ccccc2)cs1. The van der Waals surface area contributed by atoms with Gasteiger partial charge in [0.2, 0.25) is 0 Å². The van der Waals surface area contributed by atoms with Gasteiger partial charge >= 0.3 is 0 Å². The molecular weight excluding hydrogens is 274 g/mol. The Morgan fingerprint density at radius 2 is 1.60 bits per heavy atom. The molecule has 0 atom stereocenters. The number of aliphatic hydroxyl groups is 3. The molecule has 0 bridgehead atoms. The average Bonchev–Trinajstić information content (AvgIpc) is 2.99. The average molecular weight is 293 g/mol. The van der Waals surface area contributed by atoms with E-state index in [9.17, 15) is 15.3 Å². The summed E-state index contributed by atoms with van der Waals surface area (Å²) in [5.74, 6) is 0. The summed E-state index contributed by atoms with van der Waals surface area (Å²) in [6.45, 7) is -0.427. The van der Waals surface area contributed by atoms with E-state index in [0.717, 1.165) is 16.0 Å². The Balaban J connectivity index is 2.03. The third kappa shape index (κ3) is 3.45. The molecular formula is C15H19NO3S. The van der Waals surface area contributed by atoms with Crippen LogP contribution < -0.4 is 5.32 Å². The van der Waals surface area contributed by atoms with Crippen LogP contribution in [0.1, 0.15) is 4.88 Å². The molecule has 5 heteroatoms. The topological polar surface area (TPSA) is 72.7 Å². The lowest BCUT2D eigenvalue weighted by Gasteiger charge is -2.28. The second kappa shape index (κ2) is 6.97. The zero-order valence-corrected chi connectivity index (χ0v) is 11.9. The molecule has 0 saturated heterocycles. The molecule has 0 fully saturated rings. The zero-order chi connectivity index (χ0) is 14.4. The Hall–Kier alpha value is -1.24. The van der Waals surface area contributed by atoms with E-state index in [0.29, 0.717) is 6.54 Å². The fourth-order valence-electron chi connectivity index (χ4n) is 1.85. The third-order valence-corrected chi connectivity index (χ3v) is 4.24. The van der Waals surface area contributed by atoms with Gasteiger partial charge in [-0.3, -0.25) is 0 Å². The summed E-state index contributed by atoms with van der Waals surface area (Å²) in [5, 5.41) is 32.9. The summed E-state index contributed by atoms with van der Waals surface area (Å²) in [4.78, 5) is 1.09. The number of aliphatic hydroxyl groups excluding tert-OH is 3. The van der Waals surface area contributed by atoms with Gasteiger partial charge < -0.3 is 20.6 Å². The van der Waals surface area contributed by atoms with Gasteiger partial charge in [-0.25, -0.2) is 0 Å². The maximum Gasteiger partial charge on any atom is 0.0884 e. The maximum atomic E-state index is 9.26. The molecule has 0 unspecified atom stereocenters. The molecule has 0 saturated carbocycles. The quantitative estimate of drug-likeness (QED) is 0.619. The molecule has 20 heavy (non-hydrogen) atoms. The van der Waals surface area contributed by atoms with Crippen LogP contribution in [-0.4, -0.2) is 40.7 Å². The van der Waals surface area contributed by atoms with Crippen LogP contribution in [0.25, 0.3) is 11.1 Å². The van der Waals surface area contributed by atoms with Gasteiger partial charge in [-0.05, 0) is 22.6 Å². The normalized spacial score (nSPS) is 11.8. The molecule has 1 aromatic heterocycles. The Bertz CT molecular complexity index is 515. The van der Waals surface area contributed by atoms with E-state index in [-0.39, 0.29) is 19.8 Å². The Labute approximate surface area is 122 Å². The van der Waals surface area contributed by atoms with E-state index in [1.807, 2.05) is 18.2 Å². The van der Waals surface area contributed by atoms with Crippen molar-refractivity contribution in [3.05, 3.63) is 46.7 Å². The molecule has 2 aromatic rings. The first-order valence-electron chi connectivity index (χ1n) is 6.43. The summed E-state index contributed by atoms with van der Waals surface area (Å²) in [6, 6.07) is 12.2. The van der Waals surface area contributed by atoms with Gasteiger partial charge in [0.15, 0.2) is 0 Å². The molecule has 1 heterocycles.